The number of hydrogen-bond donors (Lipinski definition) is 2. The number of fused-ring (bicyclic) bond motifs is 1. The third-order valence-electron chi connectivity index (χ3n) is 6.26. The fourth-order valence-corrected chi connectivity index (χ4v) is 4.44. The molecule has 1 saturated carbocycles. The smallest absolute Gasteiger partial charge is 0.220 e. The van der Waals surface area contributed by atoms with Gasteiger partial charge in [0.15, 0.2) is 0 Å². The summed E-state index contributed by atoms with van der Waals surface area (Å²) in [4.78, 5) is 14.9. The summed E-state index contributed by atoms with van der Waals surface area (Å²) in [5.74, 6) is 0.177. The molecule has 0 bridgehead atoms. The number of nitrogens with zero attached hydrogens (tertiary/aromatic N) is 1. The van der Waals surface area contributed by atoms with Crippen LogP contribution in [0.1, 0.15) is 56.6 Å². The van der Waals surface area contributed by atoms with Gasteiger partial charge in [-0.1, -0.05) is 43.5 Å². The largest absolute Gasteiger partial charge is 0.355 e. The lowest BCUT2D eigenvalue weighted by atomic mass is 9.71. The van der Waals surface area contributed by atoms with E-state index in [1.807, 2.05) is 0 Å². The molecule has 1 atom stereocenters. The van der Waals surface area contributed by atoms with Crippen molar-refractivity contribution in [1.82, 2.24) is 10.2 Å². The monoisotopic (exact) mass is 415 g/mol. The molecule has 1 amide bonds. The summed E-state index contributed by atoms with van der Waals surface area (Å²) in [5.41, 5.74) is 8.96. The number of amides is 1. The fraction of sp³-hybridized carbons (Fsp3) is 0.667. The average molecular weight is 416 g/mol. The Kier molecular flexibility index (Phi) is 10.1. The number of nitrogens with two attached hydrogens (primary N) is 1. The maximum absolute atomic E-state index is 12.5. The second-order valence-electron chi connectivity index (χ2n) is 8.08. The lowest BCUT2D eigenvalue weighted by Crippen LogP contribution is -2.45. The molecule has 3 N–H and O–H groups in total. The average Bonchev–Trinajstić information content (AvgIpc) is 2.66. The van der Waals surface area contributed by atoms with E-state index in [2.05, 4.69) is 41.4 Å². The van der Waals surface area contributed by atoms with Gasteiger partial charge < -0.3 is 11.1 Å². The highest BCUT2D eigenvalue weighted by atomic mass is 35.5. The predicted molar refractivity (Wildman–Crippen MR) is 117 cm³/mol. The van der Waals surface area contributed by atoms with E-state index in [0.717, 1.165) is 38.9 Å². The van der Waals surface area contributed by atoms with Crippen molar-refractivity contribution in [2.45, 2.75) is 64.5 Å². The first-order valence-electron chi connectivity index (χ1n) is 9.89. The zero-order chi connectivity index (χ0) is 17.7. The first-order chi connectivity index (χ1) is 12.1. The quantitative estimate of drug-likeness (QED) is 0.744. The van der Waals surface area contributed by atoms with Crippen molar-refractivity contribution in [2.24, 2.45) is 11.1 Å². The third kappa shape index (κ3) is 6.35. The first-order valence-corrected chi connectivity index (χ1v) is 9.89. The maximum Gasteiger partial charge on any atom is 0.220 e. The van der Waals surface area contributed by atoms with E-state index in [9.17, 15) is 4.79 Å². The van der Waals surface area contributed by atoms with Crippen molar-refractivity contribution in [1.29, 1.82) is 0 Å². The van der Waals surface area contributed by atoms with E-state index < -0.39 is 0 Å². The minimum absolute atomic E-state index is 0. The Balaban J connectivity index is 0.00000182. The van der Waals surface area contributed by atoms with Gasteiger partial charge in [0.25, 0.3) is 0 Å². The molecular formula is C21H35Cl2N3O. The van der Waals surface area contributed by atoms with Gasteiger partial charge in [0.05, 0.1) is 0 Å². The summed E-state index contributed by atoms with van der Waals surface area (Å²) in [7, 11) is 0. The molecule has 2 aliphatic rings. The SMILES string of the molecule is CC(CNC(=O)CC1(CN)CCCCC1)N1CCc2ccccc2C1.Cl.Cl. The van der Waals surface area contributed by atoms with Crippen molar-refractivity contribution >= 4 is 30.7 Å². The van der Waals surface area contributed by atoms with Crippen LogP contribution in [0, 0.1) is 5.41 Å². The van der Waals surface area contributed by atoms with Crippen LogP contribution in [-0.2, 0) is 17.8 Å². The summed E-state index contributed by atoms with van der Waals surface area (Å²) in [6, 6.07) is 9.05. The normalized spacial score (nSPS) is 19.8. The molecule has 6 heteroatoms. The second kappa shape index (κ2) is 11.3. The highest BCUT2D eigenvalue weighted by Crippen LogP contribution is 2.38. The number of hydrogen-bond acceptors (Lipinski definition) is 3. The van der Waals surface area contributed by atoms with Gasteiger partial charge in [-0.3, -0.25) is 9.69 Å². The van der Waals surface area contributed by atoms with Crippen molar-refractivity contribution in [3.63, 3.8) is 0 Å². The molecule has 0 radical (unpaired) electrons. The van der Waals surface area contributed by atoms with Crippen molar-refractivity contribution in [2.75, 3.05) is 19.6 Å². The zero-order valence-electron chi connectivity index (χ0n) is 16.4. The molecule has 0 spiro atoms. The van der Waals surface area contributed by atoms with Gasteiger partial charge in [-0.25, -0.2) is 0 Å². The second-order valence-corrected chi connectivity index (χ2v) is 8.08. The Labute approximate surface area is 176 Å². The molecule has 1 aliphatic heterocycles. The predicted octanol–water partition coefficient (Wildman–Crippen LogP) is 3.69. The van der Waals surface area contributed by atoms with Gasteiger partial charge in [0.1, 0.15) is 0 Å². The van der Waals surface area contributed by atoms with E-state index in [0.29, 0.717) is 19.0 Å². The van der Waals surface area contributed by atoms with Crippen LogP contribution in [0.5, 0.6) is 0 Å². The van der Waals surface area contributed by atoms with Crippen molar-refractivity contribution in [3.8, 4) is 0 Å². The van der Waals surface area contributed by atoms with Gasteiger partial charge in [-0.2, -0.15) is 0 Å². The molecule has 27 heavy (non-hydrogen) atoms. The number of nitrogens with one attached hydrogen (secondary N) is 1. The van der Waals surface area contributed by atoms with Crippen molar-refractivity contribution in [3.05, 3.63) is 35.4 Å². The number of benzene rings is 1. The molecule has 0 saturated heterocycles. The van der Waals surface area contributed by atoms with E-state index in [4.69, 9.17) is 5.73 Å². The van der Waals surface area contributed by atoms with Crippen LogP contribution in [0.3, 0.4) is 0 Å². The van der Waals surface area contributed by atoms with Crippen LogP contribution >= 0.6 is 24.8 Å². The van der Waals surface area contributed by atoms with E-state index in [1.54, 1.807) is 0 Å². The summed E-state index contributed by atoms with van der Waals surface area (Å²) in [5, 5.41) is 3.17. The maximum atomic E-state index is 12.5. The fourth-order valence-electron chi connectivity index (χ4n) is 4.44. The molecule has 4 nitrogen and oxygen atoms in total. The highest BCUT2D eigenvalue weighted by Gasteiger charge is 2.33. The van der Waals surface area contributed by atoms with Gasteiger partial charge >= 0.3 is 0 Å². The molecule has 3 rings (SSSR count). The highest BCUT2D eigenvalue weighted by molar-refractivity contribution is 5.85. The van der Waals surface area contributed by atoms with Gasteiger partial charge in [-0.15, -0.1) is 24.8 Å². The molecule has 154 valence electrons. The molecular weight excluding hydrogens is 381 g/mol. The molecule has 1 fully saturated rings. The topological polar surface area (TPSA) is 58.4 Å². The number of carbonyl (C=O) groups is 1. The van der Waals surface area contributed by atoms with Crippen LogP contribution < -0.4 is 11.1 Å². The van der Waals surface area contributed by atoms with Crippen LogP contribution in [0.2, 0.25) is 0 Å². The Hall–Kier alpha value is -0.810. The van der Waals surface area contributed by atoms with Crippen LogP contribution in [0.4, 0.5) is 0 Å². The summed E-state index contributed by atoms with van der Waals surface area (Å²) in [6.07, 6.45) is 7.63. The van der Waals surface area contributed by atoms with Gasteiger partial charge in [0, 0.05) is 32.1 Å². The zero-order valence-corrected chi connectivity index (χ0v) is 18.0. The molecule has 1 aliphatic carbocycles. The molecule has 0 aromatic heterocycles. The van der Waals surface area contributed by atoms with E-state index >= 15 is 0 Å². The first kappa shape index (κ1) is 24.2. The lowest BCUT2D eigenvalue weighted by molar-refractivity contribution is -0.124. The Bertz CT molecular complexity index is 591. The molecule has 1 heterocycles. The van der Waals surface area contributed by atoms with Gasteiger partial charge in [0.2, 0.25) is 5.91 Å². The van der Waals surface area contributed by atoms with Crippen LogP contribution in [0.25, 0.3) is 0 Å². The number of halogens is 2. The standard InChI is InChI=1S/C21H33N3O.2ClH/c1-17(24-12-9-18-7-3-4-8-19(18)15-24)14-23-20(25)13-21(16-22)10-5-2-6-11-21;;/h3-4,7-8,17H,2,5-6,9-16,22H2,1H3,(H,23,25);2*1H. The Morgan fingerprint density at radius 3 is 2.52 bits per heavy atom. The van der Waals surface area contributed by atoms with Gasteiger partial charge in [-0.05, 0) is 49.3 Å². The third-order valence-corrected chi connectivity index (χ3v) is 6.26. The summed E-state index contributed by atoms with van der Waals surface area (Å²) >= 11 is 0. The number of rotatable bonds is 6. The molecule has 1 aromatic carbocycles. The molecule has 1 unspecified atom stereocenters. The minimum atomic E-state index is 0. The van der Waals surface area contributed by atoms with E-state index in [1.165, 1.54) is 30.4 Å². The van der Waals surface area contributed by atoms with Crippen LogP contribution in [0.15, 0.2) is 24.3 Å². The molecule has 1 aromatic rings. The minimum Gasteiger partial charge on any atom is -0.355 e. The number of carbonyl (C=O) groups excluding carboxylic acids is 1. The summed E-state index contributed by atoms with van der Waals surface area (Å²) in [6.45, 7) is 5.63. The lowest BCUT2D eigenvalue weighted by Gasteiger charge is -2.36. The Morgan fingerprint density at radius 1 is 1.19 bits per heavy atom. The van der Waals surface area contributed by atoms with Crippen molar-refractivity contribution < 1.29 is 4.79 Å². The van der Waals surface area contributed by atoms with Crippen LogP contribution in [-0.4, -0.2) is 36.5 Å². The van der Waals surface area contributed by atoms with E-state index in [-0.39, 0.29) is 36.1 Å². The Morgan fingerprint density at radius 2 is 1.85 bits per heavy atom. The summed E-state index contributed by atoms with van der Waals surface area (Å²) < 4.78 is 0.